The molecule has 1 unspecified atom stereocenters. The van der Waals surface area contributed by atoms with Crippen LogP contribution < -0.4 is 5.43 Å². The molecule has 0 radical (unpaired) electrons. The Labute approximate surface area is 127 Å². The van der Waals surface area contributed by atoms with Crippen LogP contribution in [0.3, 0.4) is 0 Å². The number of hydrazone groups is 1. The predicted octanol–water partition coefficient (Wildman–Crippen LogP) is 2.62. The van der Waals surface area contributed by atoms with Crippen LogP contribution in [0.2, 0.25) is 0 Å². The number of rotatable bonds is 6. The van der Waals surface area contributed by atoms with Crippen LogP contribution in [0.15, 0.2) is 40.3 Å². The molecule has 1 rings (SSSR count). The van der Waals surface area contributed by atoms with Crippen molar-refractivity contribution in [3.8, 4) is 0 Å². The second-order valence-corrected chi connectivity index (χ2v) is 5.79. The van der Waals surface area contributed by atoms with E-state index in [0.29, 0.717) is 0 Å². The molecule has 0 saturated carbocycles. The number of hydrogen-bond donors (Lipinski definition) is 1. The van der Waals surface area contributed by atoms with E-state index in [9.17, 15) is 0 Å². The van der Waals surface area contributed by atoms with Crippen molar-refractivity contribution in [1.29, 1.82) is 0 Å². The van der Waals surface area contributed by atoms with Gasteiger partial charge in [-0.15, -0.1) is 0 Å². The van der Waals surface area contributed by atoms with Crippen LogP contribution in [0.1, 0.15) is 13.8 Å². The molecule has 1 atom stereocenters. The maximum absolute atomic E-state index is 6.06. The van der Waals surface area contributed by atoms with Crippen LogP contribution in [-0.2, 0) is 0 Å². The number of halogens is 1. The lowest BCUT2D eigenvalue weighted by molar-refractivity contribution is 0.189. The van der Waals surface area contributed by atoms with Crippen molar-refractivity contribution < 1.29 is 0 Å². The Morgan fingerprint density at radius 1 is 1.35 bits per heavy atom. The molecule has 20 heavy (non-hydrogen) atoms. The van der Waals surface area contributed by atoms with E-state index in [0.717, 1.165) is 42.6 Å². The SMILES string of the molecule is C=NNC(=C)C(C)C=C(/C=C(\C)Cl)N1CCN(C)CC1. The van der Waals surface area contributed by atoms with Gasteiger partial charge in [-0.3, -0.25) is 5.43 Å². The summed E-state index contributed by atoms with van der Waals surface area (Å²) in [4.78, 5) is 4.69. The van der Waals surface area contributed by atoms with E-state index in [2.05, 4.69) is 53.7 Å². The van der Waals surface area contributed by atoms with Crippen molar-refractivity contribution in [1.82, 2.24) is 15.2 Å². The molecule has 0 aromatic heterocycles. The molecule has 0 aliphatic carbocycles. The standard InChI is InChI=1S/C15H25ClN4/c1-12(14(3)18-17-4)10-15(11-13(2)16)20-8-6-19(5)7-9-20/h10-12,18H,3-4,6-9H2,1-2,5H3/b13-11+,15-10?. The lowest BCUT2D eigenvalue weighted by Gasteiger charge is -2.35. The molecule has 1 heterocycles. The molecule has 0 amide bonds. The van der Waals surface area contributed by atoms with Crippen molar-refractivity contribution in [2.24, 2.45) is 11.0 Å². The number of allylic oxidation sites excluding steroid dienone is 3. The van der Waals surface area contributed by atoms with Gasteiger partial charge in [0.2, 0.25) is 0 Å². The highest BCUT2D eigenvalue weighted by molar-refractivity contribution is 6.29. The van der Waals surface area contributed by atoms with Gasteiger partial charge in [-0.2, -0.15) is 5.10 Å². The molecule has 0 aromatic rings. The summed E-state index contributed by atoms with van der Waals surface area (Å²) in [6.07, 6.45) is 4.18. The van der Waals surface area contributed by atoms with Crippen LogP contribution in [0.4, 0.5) is 0 Å². The molecule has 0 spiro atoms. The minimum Gasteiger partial charge on any atom is -0.369 e. The van der Waals surface area contributed by atoms with Gasteiger partial charge in [-0.1, -0.05) is 31.2 Å². The topological polar surface area (TPSA) is 30.9 Å². The summed E-state index contributed by atoms with van der Waals surface area (Å²) in [7, 11) is 2.15. The third kappa shape index (κ3) is 5.39. The Morgan fingerprint density at radius 3 is 2.45 bits per heavy atom. The van der Waals surface area contributed by atoms with Crippen molar-refractivity contribution in [2.75, 3.05) is 33.2 Å². The summed E-state index contributed by atoms with van der Waals surface area (Å²) in [5, 5.41) is 4.44. The monoisotopic (exact) mass is 296 g/mol. The Morgan fingerprint density at radius 2 is 1.95 bits per heavy atom. The fourth-order valence-corrected chi connectivity index (χ4v) is 2.19. The van der Waals surface area contributed by atoms with Crippen molar-refractivity contribution in [3.63, 3.8) is 0 Å². The number of likely N-dealkylation sites (N-methyl/N-ethyl adjacent to an activating group) is 1. The molecule has 4 nitrogen and oxygen atoms in total. The van der Waals surface area contributed by atoms with Gasteiger partial charge in [0.25, 0.3) is 0 Å². The third-order valence-electron chi connectivity index (χ3n) is 3.41. The maximum Gasteiger partial charge on any atom is 0.0344 e. The summed E-state index contributed by atoms with van der Waals surface area (Å²) in [5.74, 6) is 0.155. The average Bonchev–Trinajstić information content (AvgIpc) is 2.38. The zero-order valence-electron chi connectivity index (χ0n) is 12.7. The molecule has 1 aliphatic heterocycles. The van der Waals surface area contributed by atoms with Gasteiger partial charge in [0.15, 0.2) is 0 Å². The normalized spacial score (nSPS) is 19.7. The summed E-state index contributed by atoms with van der Waals surface area (Å²) < 4.78 is 0. The quantitative estimate of drug-likeness (QED) is 0.464. The van der Waals surface area contributed by atoms with E-state index in [1.807, 2.05) is 13.0 Å². The van der Waals surface area contributed by atoms with Crippen LogP contribution in [-0.4, -0.2) is 49.7 Å². The predicted molar refractivity (Wildman–Crippen MR) is 87.8 cm³/mol. The molecule has 0 aromatic carbocycles. The summed E-state index contributed by atoms with van der Waals surface area (Å²) >= 11 is 6.06. The highest BCUT2D eigenvalue weighted by Gasteiger charge is 2.16. The first-order chi connectivity index (χ1) is 9.43. The zero-order valence-corrected chi connectivity index (χ0v) is 13.5. The van der Waals surface area contributed by atoms with E-state index in [-0.39, 0.29) is 5.92 Å². The molecule has 1 saturated heterocycles. The van der Waals surface area contributed by atoms with E-state index in [1.165, 1.54) is 0 Å². The van der Waals surface area contributed by atoms with Crippen molar-refractivity contribution >= 4 is 18.3 Å². The first-order valence-corrected chi connectivity index (χ1v) is 7.21. The number of hydrogen-bond acceptors (Lipinski definition) is 4. The Kier molecular flexibility index (Phi) is 6.82. The van der Waals surface area contributed by atoms with Gasteiger partial charge >= 0.3 is 0 Å². The molecule has 1 fully saturated rings. The zero-order chi connectivity index (χ0) is 15.1. The lowest BCUT2D eigenvalue weighted by Crippen LogP contribution is -2.43. The number of nitrogens with zero attached hydrogens (tertiary/aromatic N) is 3. The van der Waals surface area contributed by atoms with Gasteiger partial charge < -0.3 is 9.80 Å². The Hall–Kier alpha value is -1.26. The second-order valence-electron chi connectivity index (χ2n) is 5.20. The summed E-state index contributed by atoms with van der Waals surface area (Å²) in [6, 6.07) is 0. The van der Waals surface area contributed by atoms with Crippen LogP contribution in [0.5, 0.6) is 0 Å². The van der Waals surface area contributed by atoms with Crippen molar-refractivity contribution in [3.05, 3.63) is 35.2 Å². The van der Waals surface area contributed by atoms with Gasteiger partial charge in [0.05, 0.1) is 0 Å². The van der Waals surface area contributed by atoms with Gasteiger partial charge in [-0.05, 0) is 20.0 Å². The van der Waals surface area contributed by atoms with Gasteiger partial charge in [0, 0.05) is 55.2 Å². The fourth-order valence-electron chi connectivity index (χ4n) is 2.07. The molecule has 112 valence electrons. The largest absolute Gasteiger partial charge is 0.369 e. The number of nitrogens with one attached hydrogen (secondary N) is 1. The maximum atomic E-state index is 6.06. The van der Waals surface area contributed by atoms with E-state index < -0.39 is 0 Å². The molecule has 1 N–H and O–H groups in total. The smallest absolute Gasteiger partial charge is 0.0344 e. The average molecular weight is 297 g/mol. The van der Waals surface area contributed by atoms with Crippen LogP contribution in [0, 0.1) is 5.92 Å². The Balaban J connectivity index is 2.86. The Bertz CT molecular complexity index is 402. The molecular weight excluding hydrogens is 272 g/mol. The van der Waals surface area contributed by atoms with Crippen LogP contribution >= 0.6 is 11.6 Å². The third-order valence-corrected chi connectivity index (χ3v) is 3.52. The van der Waals surface area contributed by atoms with Gasteiger partial charge in [-0.25, -0.2) is 0 Å². The summed E-state index contributed by atoms with van der Waals surface area (Å²) in [6.45, 7) is 15.5. The lowest BCUT2D eigenvalue weighted by atomic mass is 10.1. The molecular formula is C15H25ClN4. The highest BCUT2D eigenvalue weighted by atomic mass is 35.5. The summed E-state index contributed by atoms with van der Waals surface area (Å²) in [5.41, 5.74) is 4.78. The van der Waals surface area contributed by atoms with E-state index in [1.54, 1.807) is 0 Å². The first-order valence-electron chi connectivity index (χ1n) is 6.83. The molecule has 5 heteroatoms. The van der Waals surface area contributed by atoms with E-state index in [4.69, 9.17) is 11.6 Å². The second kappa shape index (κ2) is 8.12. The van der Waals surface area contributed by atoms with Crippen LogP contribution in [0.25, 0.3) is 0 Å². The highest BCUT2D eigenvalue weighted by Crippen LogP contribution is 2.18. The minimum absolute atomic E-state index is 0.155. The molecule has 1 aliphatic rings. The van der Waals surface area contributed by atoms with Crippen molar-refractivity contribution in [2.45, 2.75) is 13.8 Å². The first kappa shape index (κ1) is 16.8. The fraction of sp³-hybridized carbons (Fsp3) is 0.533. The van der Waals surface area contributed by atoms with E-state index >= 15 is 0 Å². The number of piperazine rings is 1. The van der Waals surface area contributed by atoms with Gasteiger partial charge in [0.1, 0.15) is 0 Å². The molecule has 0 bridgehead atoms. The minimum atomic E-state index is 0.155.